The van der Waals surface area contributed by atoms with E-state index >= 15 is 8.78 Å². The van der Waals surface area contributed by atoms with Gasteiger partial charge in [0.05, 0.1) is 22.3 Å². The molecule has 11 heteroatoms. The van der Waals surface area contributed by atoms with Crippen LogP contribution in [0.4, 0.5) is 20.3 Å². The van der Waals surface area contributed by atoms with Gasteiger partial charge in [-0.05, 0) is 70.2 Å². The summed E-state index contributed by atoms with van der Waals surface area (Å²) in [6, 6.07) is 4.71. The maximum atomic E-state index is 16.0. The highest BCUT2D eigenvalue weighted by Crippen LogP contribution is 2.36. The summed E-state index contributed by atoms with van der Waals surface area (Å²) < 4.78 is 32.3. The summed E-state index contributed by atoms with van der Waals surface area (Å²) in [7, 11) is 0. The molecule has 2 atom stereocenters. The molecule has 1 aliphatic rings. The molecule has 1 fully saturated rings. The third kappa shape index (κ3) is 5.59. The Balaban J connectivity index is 2.14. The molecule has 0 bridgehead atoms. The van der Waals surface area contributed by atoms with E-state index in [1.807, 2.05) is 52.5 Å². The zero-order chi connectivity index (χ0) is 31.7. The van der Waals surface area contributed by atoms with Gasteiger partial charge < -0.3 is 15.5 Å². The standard InChI is InChI=1S/C32H37F2N7O2/c1-9-18(5)29(27(36-8)17(3)4)41-31-21(14-23(34)28(37-31)26-22(33)12-11-13-24(26)35)30(38-32(41)43)40-16-19(6)39(15-20(40)7)25(42)10-2/h9-14,17,19-20H,2,8,15-16,35H2,1,3-7H3/b18-9-,29-27+/t19-,20+/m1/s1. The third-order valence-corrected chi connectivity index (χ3v) is 7.79. The number of hydrogen-bond acceptors (Lipinski definition) is 7. The number of nitrogen functional groups attached to an aromatic ring is 1. The Bertz CT molecular complexity index is 1720. The van der Waals surface area contributed by atoms with Crippen molar-refractivity contribution in [2.45, 2.75) is 53.6 Å². The fraction of sp³-hybridized carbons (Fsp3) is 0.344. The molecule has 2 N–H and O–H groups in total. The van der Waals surface area contributed by atoms with Crippen LogP contribution in [0.1, 0.15) is 41.5 Å². The molecular formula is C32H37F2N7O2. The molecule has 4 rings (SSSR count). The molecule has 43 heavy (non-hydrogen) atoms. The minimum absolute atomic E-state index is 0.00425. The Labute approximate surface area is 249 Å². The highest BCUT2D eigenvalue weighted by Gasteiger charge is 2.34. The lowest BCUT2D eigenvalue weighted by Gasteiger charge is -2.44. The van der Waals surface area contributed by atoms with Gasteiger partial charge in [-0.2, -0.15) is 4.98 Å². The van der Waals surface area contributed by atoms with Crippen molar-refractivity contribution in [3.8, 4) is 11.3 Å². The molecule has 0 spiro atoms. The maximum absolute atomic E-state index is 16.0. The smallest absolute Gasteiger partial charge is 0.355 e. The van der Waals surface area contributed by atoms with Crippen molar-refractivity contribution < 1.29 is 13.6 Å². The van der Waals surface area contributed by atoms with Crippen molar-refractivity contribution in [3.63, 3.8) is 0 Å². The van der Waals surface area contributed by atoms with Gasteiger partial charge in [0.15, 0.2) is 11.5 Å². The van der Waals surface area contributed by atoms with Crippen LogP contribution in [0, 0.1) is 17.6 Å². The summed E-state index contributed by atoms with van der Waals surface area (Å²) in [6.45, 7) is 19.2. The lowest BCUT2D eigenvalue weighted by molar-refractivity contribution is -0.128. The number of piperazine rings is 1. The van der Waals surface area contributed by atoms with Crippen LogP contribution in [0.25, 0.3) is 28.0 Å². The summed E-state index contributed by atoms with van der Waals surface area (Å²) >= 11 is 0. The molecule has 1 aliphatic heterocycles. The Morgan fingerprint density at radius 3 is 2.44 bits per heavy atom. The Kier molecular flexibility index (Phi) is 8.93. The van der Waals surface area contributed by atoms with Crippen LogP contribution < -0.4 is 16.3 Å². The van der Waals surface area contributed by atoms with Crippen molar-refractivity contribution >= 4 is 40.9 Å². The number of aliphatic imine (C=N–C) groups is 1. The second-order valence-electron chi connectivity index (χ2n) is 11.0. The molecule has 1 saturated heterocycles. The molecular weight excluding hydrogens is 552 g/mol. The number of carbonyl (C=O) groups is 1. The lowest BCUT2D eigenvalue weighted by Crippen LogP contribution is -2.58. The van der Waals surface area contributed by atoms with Crippen LogP contribution in [0.3, 0.4) is 0 Å². The summed E-state index contributed by atoms with van der Waals surface area (Å²) in [5.41, 5.74) is 6.49. The monoisotopic (exact) mass is 589 g/mol. The molecule has 0 unspecified atom stereocenters. The molecule has 3 aromatic rings. The quantitative estimate of drug-likeness (QED) is 0.171. The Morgan fingerprint density at radius 1 is 1.16 bits per heavy atom. The van der Waals surface area contributed by atoms with Crippen LogP contribution in [-0.2, 0) is 4.79 Å². The van der Waals surface area contributed by atoms with Crippen molar-refractivity contribution in [2.75, 3.05) is 23.7 Å². The fourth-order valence-electron chi connectivity index (χ4n) is 5.50. The first kappa shape index (κ1) is 31.3. The predicted octanol–water partition coefficient (Wildman–Crippen LogP) is 5.42. The predicted molar refractivity (Wildman–Crippen MR) is 169 cm³/mol. The van der Waals surface area contributed by atoms with Gasteiger partial charge in [-0.25, -0.2) is 23.1 Å². The second kappa shape index (κ2) is 12.3. The number of aromatic nitrogens is 3. The first-order valence-electron chi connectivity index (χ1n) is 14.1. The van der Waals surface area contributed by atoms with Gasteiger partial charge in [0.25, 0.3) is 0 Å². The number of halogens is 2. The molecule has 0 aliphatic carbocycles. The Hall–Kier alpha value is -4.67. The topological polar surface area (TPSA) is 110 Å². The average Bonchev–Trinajstić information content (AvgIpc) is 2.96. The van der Waals surface area contributed by atoms with Crippen LogP contribution in [0.2, 0.25) is 0 Å². The molecule has 1 amide bonds. The van der Waals surface area contributed by atoms with Gasteiger partial charge in [-0.15, -0.1) is 0 Å². The molecule has 3 heterocycles. The summed E-state index contributed by atoms with van der Waals surface area (Å²) in [5, 5.41) is 0.229. The molecule has 0 radical (unpaired) electrons. The van der Waals surface area contributed by atoms with Gasteiger partial charge in [0, 0.05) is 30.9 Å². The number of hydrogen-bond donors (Lipinski definition) is 1. The molecule has 226 valence electrons. The third-order valence-electron chi connectivity index (χ3n) is 7.79. The summed E-state index contributed by atoms with van der Waals surface area (Å²) in [6.07, 6.45) is 3.08. The number of nitrogens with two attached hydrogens (primary N) is 1. The molecule has 2 aromatic heterocycles. The SMILES string of the molecule is C=CC(=O)N1C[C@H](C)N(c2nc(=O)n(C(/C(C)=C\C)=C(/N=C)C(C)C)c3nc(-c4c(N)cccc4F)c(F)cc23)C[C@H]1C. The number of pyridine rings is 1. The lowest BCUT2D eigenvalue weighted by atomic mass is 10.0. The number of amides is 1. The Morgan fingerprint density at radius 2 is 1.86 bits per heavy atom. The van der Waals surface area contributed by atoms with Crippen molar-refractivity contribution in [3.05, 3.63) is 76.4 Å². The number of allylic oxidation sites excluding steroid dienone is 4. The van der Waals surface area contributed by atoms with Crippen molar-refractivity contribution in [1.82, 2.24) is 19.4 Å². The number of nitrogens with zero attached hydrogens (tertiary/aromatic N) is 6. The van der Waals surface area contributed by atoms with E-state index in [0.717, 1.165) is 0 Å². The number of fused-ring (bicyclic) bond motifs is 1. The minimum Gasteiger partial charge on any atom is -0.398 e. The number of benzene rings is 1. The van der Waals surface area contributed by atoms with Gasteiger partial charge in [0.2, 0.25) is 5.91 Å². The first-order valence-corrected chi connectivity index (χ1v) is 14.1. The minimum atomic E-state index is -0.835. The van der Waals surface area contributed by atoms with Crippen molar-refractivity contribution in [2.24, 2.45) is 10.9 Å². The molecule has 1 aromatic carbocycles. The zero-order valence-corrected chi connectivity index (χ0v) is 25.4. The van der Waals surface area contributed by atoms with E-state index in [4.69, 9.17) is 5.73 Å². The van der Waals surface area contributed by atoms with E-state index < -0.39 is 17.3 Å². The van der Waals surface area contributed by atoms with Gasteiger partial charge in [0.1, 0.15) is 17.3 Å². The van der Waals surface area contributed by atoms with Crippen LogP contribution in [0.15, 0.2) is 64.1 Å². The fourth-order valence-corrected chi connectivity index (χ4v) is 5.50. The molecule has 0 saturated carbocycles. The number of anilines is 2. The van der Waals surface area contributed by atoms with E-state index in [1.54, 1.807) is 4.90 Å². The van der Waals surface area contributed by atoms with Crippen LogP contribution in [0.5, 0.6) is 0 Å². The van der Waals surface area contributed by atoms with E-state index in [0.29, 0.717) is 30.1 Å². The largest absolute Gasteiger partial charge is 0.398 e. The average molecular weight is 590 g/mol. The first-order chi connectivity index (χ1) is 20.4. The normalized spacial score (nSPS) is 18.2. The van der Waals surface area contributed by atoms with Crippen LogP contribution in [-0.4, -0.2) is 57.2 Å². The maximum Gasteiger partial charge on any atom is 0.355 e. The highest BCUT2D eigenvalue weighted by molar-refractivity contribution is 5.93. The van der Waals surface area contributed by atoms with E-state index in [2.05, 4.69) is 28.3 Å². The highest BCUT2D eigenvalue weighted by atomic mass is 19.1. The van der Waals surface area contributed by atoms with E-state index in [9.17, 15) is 9.59 Å². The molecule has 9 nitrogen and oxygen atoms in total. The zero-order valence-electron chi connectivity index (χ0n) is 25.4. The van der Waals surface area contributed by atoms with Crippen LogP contribution >= 0.6 is 0 Å². The van der Waals surface area contributed by atoms with Crippen molar-refractivity contribution in [1.29, 1.82) is 0 Å². The van der Waals surface area contributed by atoms with E-state index in [-0.39, 0.29) is 57.7 Å². The summed E-state index contributed by atoms with van der Waals surface area (Å²) in [4.78, 5) is 43.4. The summed E-state index contributed by atoms with van der Waals surface area (Å²) in [5.74, 6) is -1.74. The van der Waals surface area contributed by atoms with Gasteiger partial charge in [-0.3, -0.25) is 9.79 Å². The number of carbonyl (C=O) groups excluding carboxylic acids is 1. The van der Waals surface area contributed by atoms with Gasteiger partial charge in [-0.1, -0.05) is 32.6 Å². The van der Waals surface area contributed by atoms with E-state index in [1.165, 1.54) is 34.9 Å². The second-order valence-corrected chi connectivity index (χ2v) is 11.0. The van der Waals surface area contributed by atoms with Gasteiger partial charge >= 0.3 is 5.69 Å². The number of rotatable bonds is 7.